The molecular weight excluding hydrogens is 276 g/mol. The van der Waals surface area contributed by atoms with Crippen LogP contribution >= 0.6 is 0 Å². The first-order valence-corrected chi connectivity index (χ1v) is 7.48. The lowest BCUT2D eigenvalue weighted by Crippen LogP contribution is -2.40. The molecule has 4 rings (SSSR count). The lowest BCUT2D eigenvalue weighted by atomic mass is 10.2. The highest BCUT2D eigenvalue weighted by atomic mass is 16.2. The number of benzene rings is 1. The van der Waals surface area contributed by atoms with Gasteiger partial charge in [-0.05, 0) is 26.0 Å². The summed E-state index contributed by atoms with van der Waals surface area (Å²) in [5, 5.41) is 5.55. The highest BCUT2D eigenvalue weighted by Crippen LogP contribution is 2.30. The molecule has 1 aliphatic rings. The number of hydrogen-bond donors (Lipinski definition) is 0. The second kappa shape index (κ2) is 4.47. The number of anilines is 1. The van der Waals surface area contributed by atoms with Crippen LogP contribution in [0.1, 0.15) is 21.9 Å². The Balaban J connectivity index is 1.85. The van der Waals surface area contributed by atoms with E-state index in [1.807, 2.05) is 48.7 Å². The number of aryl methyl sites for hydroxylation is 2. The van der Waals surface area contributed by atoms with Gasteiger partial charge >= 0.3 is 0 Å². The minimum absolute atomic E-state index is 0.0571. The van der Waals surface area contributed by atoms with E-state index in [2.05, 4.69) is 21.8 Å². The van der Waals surface area contributed by atoms with Gasteiger partial charge in [0.05, 0.1) is 17.1 Å². The molecule has 0 unspecified atom stereocenters. The van der Waals surface area contributed by atoms with Crippen molar-refractivity contribution in [3.63, 3.8) is 0 Å². The van der Waals surface area contributed by atoms with Gasteiger partial charge in [0.2, 0.25) is 0 Å². The van der Waals surface area contributed by atoms with E-state index in [4.69, 9.17) is 0 Å². The first-order chi connectivity index (χ1) is 10.6. The molecule has 0 saturated carbocycles. The van der Waals surface area contributed by atoms with Crippen LogP contribution in [0.4, 0.5) is 5.69 Å². The second-order valence-corrected chi connectivity index (χ2v) is 5.84. The molecule has 0 radical (unpaired) electrons. The largest absolute Gasteiger partial charge is 0.335 e. The quantitative estimate of drug-likeness (QED) is 0.692. The third-order valence-corrected chi connectivity index (χ3v) is 4.56. The van der Waals surface area contributed by atoms with Crippen LogP contribution in [0, 0.1) is 13.8 Å². The zero-order chi connectivity index (χ0) is 15.4. The summed E-state index contributed by atoms with van der Waals surface area (Å²) >= 11 is 0. The fourth-order valence-electron chi connectivity index (χ4n) is 3.43. The molecule has 0 saturated heterocycles. The maximum Gasteiger partial charge on any atom is 0.275 e. The highest BCUT2D eigenvalue weighted by Gasteiger charge is 2.30. The van der Waals surface area contributed by atoms with Crippen molar-refractivity contribution in [1.82, 2.24) is 14.3 Å². The zero-order valence-corrected chi connectivity index (χ0v) is 13.0. The van der Waals surface area contributed by atoms with Gasteiger partial charge in [0.25, 0.3) is 5.91 Å². The van der Waals surface area contributed by atoms with Gasteiger partial charge in [-0.25, -0.2) is 0 Å². The molecule has 3 heterocycles. The minimum Gasteiger partial charge on any atom is -0.335 e. The normalized spacial score (nSPS) is 14.7. The molecule has 5 nitrogen and oxygen atoms in total. The lowest BCUT2D eigenvalue weighted by molar-refractivity contribution is 0.0966. The van der Waals surface area contributed by atoms with E-state index in [9.17, 15) is 4.79 Å². The topological polar surface area (TPSA) is 43.1 Å². The molecule has 0 bridgehead atoms. The van der Waals surface area contributed by atoms with Crippen LogP contribution in [0.3, 0.4) is 0 Å². The molecule has 112 valence electrons. The third-order valence-electron chi connectivity index (χ3n) is 4.56. The molecule has 1 amide bonds. The minimum atomic E-state index is 0.0571. The molecule has 22 heavy (non-hydrogen) atoms. The lowest BCUT2D eigenvalue weighted by Gasteiger charge is -2.29. The summed E-state index contributed by atoms with van der Waals surface area (Å²) in [6.07, 6.45) is 0. The Morgan fingerprint density at radius 2 is 1.91 bits per heavy atom. The number of fused-ring (bicyclic) bond motifs is 3. The summed E-state index contributed by atoms with van der Waals surface area (Å²) in [6.45, 7) is 5.45. The number of carbonyl (C=O) groups excluding carboxylic acids is 1. The molecule has 5 heteroatoms. The number of aromatic nitrogens is 3. The Labute approximate surface area is 128 Å². The average Bonchev–Trinajstić information content (AvgIpc) is 3.00. The molecule has 2 aromatic heterocycles. The number of amides is 1. The van der Waals surface area contributed by atoms with Gasteiger partial charge in [-0.15, -0.1) is 0 Å². The van der Waals surface area contributed by atoms with E-state index in [0.717, 1.165) is 40.2 Å². The second-order valence-electron chi connectivity index (χ2n) is 5.84. The van der Waals surface area contributed by atoms with Crippen LogP contribution in [0.15, 0.2) is 30.3 Å². The number of para-hydroxylation sites is 1. The summed E-state index contributed by atoms with van der Waals surface area (Å²) in [4.78, 5) is 14.8. The zero-order valence-electron chi connectivity index (χ0n) is 13.0. The smallest absolute Gasteiger partial charge is 0.275 e. The summed E-state index contributed by atoms with van der Waals surface area (Å²) in [5.41, 5.74) is 4.76. The third kappa shape index (κ3) is 1.65. The Kier molecular flexibility index (Phi) is 2.66. The van der Waals surface area contributed by atoms with Crippen LogP contribution in [-0.4, -0.2) is 26.8 Å². The van der Waals surface area contributed by atoms with Crippen molar-refractivity contribution in [2.45, 2.75) is 20.4 Å². The number of nitrogens with zero attached hydrogens (tertiary/aromatic N) is 4. The van der Waals surface area contributed by atoms with Crippen molar-refractivity contribution in [3.8, 4) is 0 Å². The van der Waals surface area contributed by atoms with E-state index in [1.54, 1.807) is 0 Å². The monoisotopic (exact) mass is 294 g/mol. The Morgan fingerprint density at radius 1 is 1.14 bits per heavy atom. The van der Waals surface area contributed by atoms with Gasteiger partial charge in [-0.3, -0.25) is 9.48 Å². The van der Waals surface area contributed by atoms with Crippen molar-refractivity contribution in [3.05, 3.63) is 47.4 Å². The Bertz CT molecular complexity index is 903. The summed E-state index contributed by atoms with van der Waals surface area (Å²) in [6, 6.07) is 10.1. The maximum atomic E-state index is 13.0. The van der Waals surface area contributed by atoms with Crippen LogP contribution < -0.4 is 4.90 Å². The van der Waals surface area contributed by atoms with Gasteiger partial charge in [0.1, 0.15) is 5.69 Å². The number of rotatable bonds is 1. The van der Waals surface area contributed by atoms with Gasteiger partial charge in [-0.1, -0.05) is 18.2 Å². The molecule has 0 aliphatic carbocycles. The van der Waals surface area contributed by atoms with Crippen LogP contribution in [0.25, 0.3) is 10.9 Å². The molecule has 0 N–H and O–H groups in total. The van der Waals surface area contributed by atoms with Crippen molar-refractivity contribution >= 4 is 22.5 Å². The fourth-order valence-corrected chi connectivity index (χ4v) is 3.43. The summed E-state index contributed by atoms with van der Waals surface area (Å²) < 4.78 is 3.96. The van der Waals surface area contributed by atoms with Crippen LogP contribution in [0.2, 0.25) is 0 Å². The predicted octanol–water partition coefficient (Wildman–Crippen LogP) is 2.65. The van der Waals surface area contributed by atoms with Crippen molar-refractivity contribution in [2.75, 3.05) is 11.4 Å². The number of carbonyl (C=O) groups is 1. The van der Waals surface area contributed by atoms with E-state index < -0.39 is 0 Å². The number of hydrogen-bond acceptors (Lipinski definition) is 2. The first kappa shape index (κ1) is 13.1. The van der Waals surface area contributed by atoms with Gasteiger partial charge < -0.3 is 9.47 Å². The molecule has 0 spiro atoms. The van der Waals surface area contributed by atoms with E-state index in [1.165, 1.54) is 0 Å². The van der Waals surface area contributed by atoms with Crippen molar-refractivity contribution in [1.29, 1.82) is 0 Å². The van der Waals surface area contributed by atoms with Crippen LogP contribution in [-0.2, 0) is 13.6 Å². The van der Waals surface area contributed by atoms with E-state index in [0.29, 0.717) is 6.54 Å². The Hall–Kier alpha value is -2.56. The van der Waals surface area contributed by atoms with E-state index in [-0.39, 0.29) is 5.91 Å². The molecule has 1 aliphatic heterocycles. The average molecular weight is 294 g/mol. The van der Waals surface area contributed by atoms with Gasteiger partial charge in [0, 0.05) is 31.0 Å². The molecule has 0 atom stereocenters. The molecule has 0 fully saturated rings. The predicted molar refractivity (Wildman–Crippen MR) is 86.3 cm³/mol. The SMILES string of the molecule is Cc1nn(C)c(C)c1N1CCn2c(cc3ccccc32)C1=O. The van der Waals surface area contributed by atoms with Crippen molar-refractivity contribution in [2.24, 2.45) is 7.05 Å². The molecule has 1 aromatic carbocycles. The standard InChI is InChI=1S/C17H18N4O/c1-11-16(12(2)19(3)18-11)21-9-8-20-14-7-5-4-6-13(14)10-15(20)17(21)22/h4-7,10H,8-9H2,1-3H3. The highest BCUT2D eigenvalue weighted by molar-refractivity contribution is 6.09. The first-order valence-electron chi connectivity index (χ1n) is 7.48. The summed E-state index contributed by atoms with van der Waals surface area (Å²) in [7, 11) is 1.91. The fraction of sp³-hybridized carbons (Fsp3) is 0.294. The van der Waals surface area contributed by atoms with E-state index >= 15 is 0 Å². The molecule has 3 aromatic rings. The Morgan fingerprint density at radius 3 is 2.64 bits per heavy atom. The van der Waals surface area contributed by atoms with Crippen LogP contribution in [0.5, 0.6) is 0 Å². The van der Waals surface area contributed by atoms with Gasteiger partial charge in [0.15, 0.2) is 0 Å². The van der Waals surface area contributed by atoms with Crippen molar-refractivity contribution < 1.29 is 4.79 Å². The maximum absolute atomic E-state index is 13.0. The summed E-state index contributed by atoms with van der Waals surface area (Å²) in [5.74, 6) is 0.0571. The molecular formula is C17H18N4O. The van der Waals surface area contributed by atoms with Gasteiger partial charge in [-0.2, -0.15) is 5.10 Å².